The number of nitrogens with two attached hydrogens (primary N) is 1. The van der Waals surface area contributed by atoms with E-state index in [0.29, 0.717) is 22.3 Å². The number of benzene rings is 2. The van der Waals surface area contributed by atoms with Crippen molar-refractivity contribution >= 4 is 23.3 Å². The molecule has 3 aliphatic rings. The molecule has 5 rings (SSSR count). The molecule has 228 valence electrons. The van der Waals surface area contributed by atoms with Crippen LogP contribution in [-0.4, -0.2) is 72.7 Å². The molecule has 4 unspecified atom stereocenters. The van der Waals surface area contributed by atoms with Crippen LogP contribution in [0.2, 0.25) is 0 Å². The number of primary amides is 1. The van der Waals surface area contributed by atoms with Crippen LogP contribution >= 0.6 is 0 Å². The highest BCUT2D eigenvalue weighted by Crippen LogP contribution is 2.68. The lowest BCUT2D eigenvalue weighted by Crippen LogP contribution is -2.83. The van der Waals surface area contributed by atoms with Crippen molar-refractivity contribution in [2.75, 3.05) is 0 Å². The van der Waals surface area contributed by atoms with E-state index >= 15 is 0 Å². The van der Waals surface area contributed by atoms with Gasteiger partial charge in [0.15, 0.2) is 23.0 Å². The lowest BCUT2D eigenvalue weighted by molar-refractivity contribution is -0.297. The highest BCUT2D eigenvalue weighted by Gasteiger charge is 2.80. The van der Waals surface area contributed by atoms with Gasteiger partial charge in [-0.2, -0.15) is 0 Å². The fourth-order valence-corrected chi connectivity index (χ4v) is 8.63. The van der Waals surface area contributed by atoms with Gasteiger partial charge in [-0.15, -0.1) is 0 Å². The van der Waals surface area contributed by atoms with Crippen LogP contribution in [0.5, 0.6) is 5.75 Å². The molecule has 0 radical (unpaired) electrons. The Balaban J connectivity index is 1.80. The van der Waals surface area contributed by atoms with Gasteiger partial charge in [0.25, 0.3) is 0 Å². The molecule has 0 bridgehead atoms. The van der Waals surface area contributed by atoms with Crippen LogP contribution in [0.1, 0.15) is 66.8 Å². The molecule has 0 aliphatic heterocycles. The Morgan fingerprint density at radius 1 is 0.977 bits per heavy atom. The number of phenolic OH excluding ortho intramolecular Hbond substituents is 1. The third-order valence-electron chi connectivity index (χ3n) is 10.9. The van der Waals surface area contributed by atoms with Crippen LogP contribution in [-0.2, 0) is 9.59 Å². The Labute approximate surface area is 248 Å². The number of hydrogen-bond donors (Lipinski definition) is 6. The number of carbonyl (C=O) groups is 4. The van der Waals surface area contributed by atoms with Crippen LogP contribution in [0.15, 0.2) is 48.6 Å². The zero-order valence-corrected chi connectivity index (χ0v) is 24.7. The molecule has 3 aliphatic carbocycles. The largest absolute Gasteiger partial charge is 0.507 e. The molecule has 1 amide bonds. The van der Waals surface area contributed by atoms with E-state index in [-0.39, 0.29) is 22.7 Å². The average molecular weight is 592 g/mol. The van der Waals surface area contributed by atoms with E-state index in [4.69, 9.17) is 5.73 Å². The SMILES string of the molecule is C=C(C)[C@H]1C(O)C(C(N)=O)C(=O)[C@]2(O)C(O)C3C(=O)c4c(O)ccc(-c5ccc(C(C)=O)cc5)c4[C@@H](C)[C@]3(C)[C@@H](O)[C@]12C. The van der Waals surface area contributed by atoms with Gasteiger partial charge in [-0.3, -0.25) is 19.2 Å². The molecule has 2 aromatic carbocycles. The number of rotatable bonds is 4. The summed E-state index contributed by atoms with van der Waals surface area (Å²) in [5.41, 5.74) is 1.10. The zero-order chi connectivity index (χ0) is 32.1. The van der Waals surface area contributed by atoms with Crippen molar-refractivity contribution in [3.8, 4) is 16.9 Å². The summed E-state index contributed by atoms with van der Waals surface area (Å²) in [5.74, 6) is -9.47. The molecule has 2 fully saturated rings. The van der Waals surface area contributed by atoms with E-state index in [9.17, 15) is 44.7 Å². The summed E-state index contributed by atoms with van der Waals surface area (Å²) in [5, 5.41) is 58.8. The number of ketones is 3. The minimum Gasteiger partial charge on any atom is -0.507 e. The van der Waals surface area contributed by atoms with Gasteiger partial charge in [-0.1, -0.05) is 63.3 Å². The van der Waals surface area contributed by atoms with Gasteiger partial charge >= 0.3 is 0 Å². The first-order valence-electron chi connectivity index (χ1n) is 14.2. The quantitative estimate of drug-likeness (QED) is 0.175. The van der Waals surface area contributed by atoms with Crippen molar-refractivity contribution in [1.29, 1.82) is 0 Å². The number of amides is 1. The van der Waals surface area contributed by atoms with Gasteiger partial charge in [0.1, 0.15) is 17.8 Å². The summed E-state index contributed by atoms with van der Waals surface area (Å²) in [6.45, 7) is 11.5. The second-order valence-corrected chi connectivity index (χ2v) is 12.9. The van der Waals surface area contributed by atoms with Crippen molar-refractivity contribution < 1.29 is 44.7 Å². The summed E-state index contributed by atoms with van der Waals surface area (Å²) < 4.78 is 0. The number of hydrogen-bond acceptors (Lipinski definition) is 9. The molecule has 10 heteroatoms. The molecule has 2 saturated carbocycles. The lowest BCUT2D eigenvalue weighted by Gasteiger charge is -2.69. The van der Waals surface area contributed by atoms with E-state index in [2.05, 4.69) is 6.58 Å². The smallest absolute Gasteiger partial charge is 0.230 e. The monoisotopic (exact) mass is 591 g/mol. The maximum absolute atomic E-state index is 14.4. The Morgan fingerprint density at radius 2 is 1.56 bits per heavy atom. The summed E-state index contributed by atoms with van der Waals surface area (Å²) in [6, 6.07) is 9.64. The summed E-state index contributed by atoms with van der Waals surface area (Å²) in [6.07, 6.45) is -5.65. The number of aliphatic hydroxyl groups excluding tert-OH is 3. The fourth-order valence-electron chi connectivity index (χ4n) is 8.63. The second-order valence-electron chi connectivity index (χ2n) is 12.9. The third-order valence-corrected chi connectivity index (χ3v) is 10.9. The Kier molecular flexibility index (Phi) is 6.90. The highest BCUT2D eigenvalue weighted by molar-refractivity contribution is 6.10. The van der Waals surface area contributed by atoms with Crippen molar-refractivity contribution in [3.05, 3.63) is 65.2 Å². The van der Waals surface area contributed by atoms with Crippen LogP contribution in [0.4, 0.5) is 0 Å². The van der Waals surface area contributed by atoms with E-state index in [1.165, 1.54) is 26.8 Å². The lowest BCUT2D eigenvalue weighted by atomic mass is 9.37. The maximum atomic E-state index is 14.4. The molecule has 43 heavy (non-hydrogen) atoms. The molecular formula is C33H37NO9. The van der Waals surface area contributed by atoms with Crippen molar-refractivity contribution in [1.82, 2.24) is 0 Å². The number of carbonyl (C=O) groups excluding carboxylic acids is 4. The zero-order valence-electron chi connectivity index (χ0n) is 24.7. The third kappa shape index (κ3) is 3.61. The number of Topliss-reactive ketones (excluding diaryl/α,β-unsaturated/α-hetero) is 3. The van der Waals surface area contributed by atoms with E-state index in [1.54, 1.807) is 44.2 Å². The van der Waals surface area contributed by atoms with E-state index in [1.807, 2.05) is 0 Å². The average Bonchev–Trinajstić information content (AvgIpc) is 2.93. The molecule has 0 aromatic heterocycles. The normalized spacial score (nSPS) is 38.5. The Morgan fingerprint density at radius 3 is 2.07 bits per heavy atom. The summed E-state index contributed by atoms with van der Waals surface area (Å²) in [7, 11) is 0. The minimum atomic E-state index is -2.90. The first kappa shape index (κ1) is 30.7. The highest BCUT2D eigenvalue weighted by atomic mass is 16.4. The van der Waals surface area contributed by atoms with Gasteiger partial charge in [0, 0.05) is 22.3 Å². The molecule has 0 saturated heterocycles. The van der Waals surface area contributed by atoms with Crippen LogP contribution in [0.3, 0.4) is 0 Å². The Hall–Kier alpha value is -3.70. The minimum absolute atomic E-state index is 0.131. The molecule has 7 N–H and O–H groups in total. The second kappa shape index (κ2) is 9.65. The molecular weight excluding hydrogens is 554 g/mol. The predicted octanol–water partition coefficient (Wildman–Crippen LogP) is 1.89. The fraction of sp³-hybridized carbons (Fsp3) is 0.455. The molecule has 10 atom stereocenters. The maximum Gasteiger partial charge on any atom is 0.230 e. The Bertz CT molecular complexity index is 1600. The standard InChI is InChI=1S/C33H37NO9/c1-13(2)23-26(38)22(29(34)41)27(39)33(43)28(40)24-25(37)21-19(36)12-11-18(17-9-7-16(8-10-17)15(4)35)20(21)14(3)31(24,5)30(42)32(23,33)6/h7-12,14,22-24,26,28,30,36,38,40,42-43H,1H2,2-6H3,(H2,34,41)/t14-,22?,23+,24?,26?,28?,30-,31+,32+,33+/m1/s1. The molecule has 10 nitrogen and oxygen atoms in total. The number of phenols is 1. The van der Waals surface area contributed by atoms with Gasteiger partial charge in [-0.05, 0) is 42.5 Å². The van der Waals surface area contributed by atoms with Gasteiger partial charge in [-0.25, -0.2) is 0 Å². The van der Waals surface area contributed by atoms with Crippen LogP contribution in [0, 0.1) is 28.6 Å². The van der Waals surface area contributed by atoms with Gasteiger partial charge in [0.05, 0.1) is 23.7 Å². The predicted molar refractivity (Wildman–Crippen MR) is 155 cm³/mol. The van der Waals surface area contributed by atoms with E-state index in [0.717, 1.165) is 0 Å². The van der Waals surface area contributed by atoms with E-state index < -0.39 is 75.9 Å². The van der Waals surface area contributed by atoms with Crippen molar-refractivity contribution in [3.63, 3.8) is 0 Å². The molecule has 0 heterocycles. The van der Waals surface area contributed by atoms with Gasteiger partial charge in [0.2, 0.25) is 5.91 Å². The summed E-state index contributed by atoms with van der Waals surface area (Å²) in [4.78, 5) is 52.5. The summed E-state index contributed by atoms with van der Waals surface area (Å²) >= 11 is 0. The van der Waals surface area contributed by atoms with Crippen molar-refractivity contribution in [2.45, 2.75) is 64.4 Å². The number of aliphatic hydroxyl groups is 4. The van der Waals surface area contributed by atoms with Crippen LogP contribution in [0.25, 0.3) is 11.1 Å². The first-order chi connectivity index (χ1) is 19.9. The number of aromatic hydroxyl groups is 1. The molecule has 0 spiro atoms. The topological polar surface area (TPSA) is 195 Å². The van der Waals surface area contributed by atoms with Crippen molar-refractivity contribution in [2.24, 2.45) is 34.3 Å². The first-order valence-corrected chi connectivity index (χ1v) is 14.2. The molecule has 2 aromatic rings. The number of fused-ring (bicyclic) bond motifs is 3. The van der Waals surface area contributed by atoms with Gasteiger partial charge < -0.3 is 31.3 Å². The van der Waals surface area contributed by atoms with Crippen LogP contribution < -0.4 is 5.73 Å².